The van der Waals surface area contributed by atoms with Crippen LogP contribution in [0.2, 0.25) is 0 Å². The molecule has 1 aromatic carbocycles. The van der Waals surface area contributed by atoms with Crippen LogP contribution in [-0.2, 0) is 13.0 Å². The first kappa shape index (κ1) is 19.4. The summed E-state index contributed by atoms with van der Waals surface area (Å²) in [5.41, 5.74) is 2.24. The van der Waals surface area contributed by atoms with Crippen molar-refractivity contribution in [2.24, 2.45) is 4.99 Å². The number of hydrogen-bond donors (Lipinski definition) is 3. The summed E-state index contributed by atoms with van der Waals surface area (Å²) < 4.78 is 0. The van der Waals surface area contributed by atoms with E-state index in [9.17, 15) is 5.11 Å². The minimum atomic E-state index is -0.460. The Morgan fingerprint density at radius 3 is 2.64 bits per heavy atom. The van der Waals surface area contributed by atoms with Crippen molar-refractivity contribution < 1.29 is 5.11 Å². The lowest BCUT2D eigenvalue weighted by Crippen LogP contribution is -2.41. The molecule has 1 heterocycles. The maximum Gasteiger partial charge on any atom is 0.191 e. The first-order valence-corrected chi connectivity index (χ1v) is 9.65. The van der Waals surface area contributed by atoms with E-state index in [-0.39, 0.29) is 0 Å². The summed E-state index contributed by atoms with van der Waals surface area (Å²) in [6.07, 6.45) is 0.163. The third-order valence-electron chi connectivity index (χ3n) is 3.70. The standard InChI is InChI=1S/C19H28N4OS/c1-4-20-19(22-12-18-23-17(13-25-18)14(2)3)21-11-16(24)10-15-8-6-5-7-9-15/h5-9,13-14,16,24H,4,10-12H2,1-3H3,(H2,20,21,22). The number of aromatic nitrogens is 1. The van der Waals surface area contributed by atoms with Crippen LogP contribution in [0.3, 0.4) is 0 Å². The van der Waals surface area contributed by atoms with Crippen molar-refractivity contribution in [3.05, 3.63) is 52.0 Å². The second kappa shape index (κ2) is 10.2. The first-order valence-electron chi connectivity index (χ1n) is 8.77. The van der Waals surface area contributed by atoms with Gasteiger partial charge in [0.05, 0.1) is 18.3 Å². The molecule has 2 aromatic rings. The Bertz CT molecular complexity index is 654. The fourth-order valence-corrected chi connectivity index (χ4v) is 3.20. The largest absolute Gasteiger partial charge is 0.391 e. The molecule has 1 aromatic heterocycles. The molecule has 6 heteroatoms. The summed E-state index contributed by atoms with van der Waals surface area (Å²) in [5.74, 6) is 1.14. The van der Waals surface area contributed by atoms with Gasteiger partial charge in [-0.1, -0.05) is 44.2 Å². The molecular weight excluding hydrogens is 332 g/mol. The highest BCUT2D eigenvalue weighted by Gasteiger charge is 2.08. The molecule has 0 saturated heterocycles. The van der Waals surface area contributed by atoms with Crippen molar-refractivity contribution in [2.75, 3.05) is 13.1 Å². The molecule has 136 valence electrons. The Morgan fingerprint density at radius 2 is 2.00 bits per heavy atom. The number of thiazole rings is 1. The molecule has 0 aliphatic heterocycles. The molecule has 1 atom stereocenters. The zero-order chi connectivity index (χ0) is 18.1. The van der Waals surface area contributed by atoms with Crippen molar-refractivity contribution >= 4 is 17.3 Å². The van der Waals surface area contributed by atoms with Crippen molar-refractivity contribution in [3.63, 3.8) is 0 Å². The van der Waals surface area contributed by atoms with Gasteiger partial charge in [-0.25, -0.2) is 9.98 Å². The predicted molar refractivity (Wildman–Crippen MR) is 105 cm³/mol. The number of nitrogens with one attached hydrogen (secondary N) is 2. The Labute approximate surface area is 154 Å². The summed E-state index contributed by atoms with van der Waals surface area (Å²) in [5, 5.41) is 19.7. The SMILES string of the molecule is CCNC(=NCc1nc(C(C)C)cs1)NCC(O)Cc1ccccc1. The average molecular weight is 361 g/mol. The minimum absolute atomic E-state index is 0.438. The number of benzene rings is 1. The van der Waals surface area contributed by atoms with Crippen LogP contribution in [0.15, 0.2) is 40.7 Å². The van der Waals surface area contributed by atoms with Crippen molar-refractivity contribution in [1.29, 1.82) is 0 Å². The smallest absolute Gasteiger partial charge is 0.191 e. The number of guanidine groups is 1. The van der Waals surface area contributed by atoms with E-state index in [1.807, 2.05) is 37.3 Å². The van der Waals surface area contributed by atoms with Crippen LogP contribution in [0.5, 0.6) is 0 Å². The molecule has 0 aliphatic carbocycles. The lowest BCUT2D eigenvalue weighted by Gasteiger charge is -2.15. The highest BCUT2D eigenvalue weighted by molar-refractivity contribution is 7.09. The van der Waals surface area contributed by atoms with Gasteiger partial charge in [0.2, 0.25) is 0 Å². The van der Waals surface area contributed by atoms with Gasteiger partial charge < -0.3 is 15.7 Å². The second-order valence-corrected chi connectivity index (χ2v) is 7.18. The number of aliphatic hydroxyl groups is 1. The number of aliphatic hydroxyl groups excluding tert-OH is 1. The molecule has 25 heavy (non-hydrogen) atoms. The van der Waals surface area contributed by atoms with E-state index in [2.05, 4.69) is 39.8 Å². The van der Waals surface area contributed by atoms with Gasteiger partial charge in [0.15, 0.2) is 5.96 Å². The zero-order valence-corrected chi connectivity index (χ0v) is 16.0. The second-order valence-electron chi connectivity index (χ2n) is 6.24. The van der Waals surface area contributed by atoms with Crippen LogP contribution < -0.4 is 10.6 Å². The molecule has 2 rings (SSSR count). The van der Waals surface area contributed by atoms with Crippen LogP contribution >= 0.6 is 11.3 Å². The van der Waals surface area contributed by atoms with Crippen molar-refractivity contribution in [3.8, 4) is 0 Å². The molecular formula is C19H28N4OS. The minimum Gasteiger partial charge on any atom is -0.391 e. The van der Waals surface area contributed by atoms with E-state index in [4.69, 9.17) is 0 Å². The molecule has 5 nitrogen and oxygen atoms in total. The number of nitrogens with zero attached hydrogens (tertiary/aromatic N) is 2. The van der Waals surface area contributed by atoms with Gasteiger partial charge in [0, 0.05) is 24.9 Å². The van der Waals surface area contributed by atoms with Crippen LogP contribution in [0.1, 0.15) is 43.0 Å². The maximum absolute atomic E-state index is 10.2. The van der Waals surface area contributed by atoms with E-state index in [1.54, 1.807) is 11.3 Å². The third-order valence-corrected chi connectivity index (χ3v) is 4.55. The molecule has 0 aliphatic rings. The van der Waals surface area contributed by atoms with E-state index >= 15 is 0 Å². The quantitative estimate of drug-likeness (QED) is 0.500. The average Bonchev–Trinajstić information content (AvgIpc) is 3.07. The molecule has 0 bridgehead atoms. The Kier molecular flexibility index (Phi) is 7.88. The van der Waals surface area contributed by atoms with E-state index in [1.165, 1.54) is 0 Å². The summed E-state index contributed by atoms with van der Waals surface area (Å²) >= 11 is 1.64. The molecule has 3 N–H and O–H groups in total. The highest BCUT2D eigenvalue weighted by atomic mass is 32.1. The normalized spacial score (nSPS) is 13.1. The van der Waals surface area contributed by atoms with Crippen LogP contribution in [0.4, 0.5) is 0 Å². The van der Waals surface area contributed by atoms with E-state index in [0.29, 0.717) is 31.4 Å². The van der Waals surface area contributed by atoms with E-state index in [0.717, 1.165) is 22.8 Å². The van der Waals surface area contributed by atoms with Crippen LogP contribution in [0.25, 0.3) is 0 Å². The summed E-state index contributed by atoms with van der Waals surface area (Å²) in [7, 11) is 0. The van der Waals surface area contributed by atoms with E-state index < -0.39 is 6.10 Å². The zero-order valence-electron chi connectivity index (χ0n) is 15.2. The molecule has 0 radical (unpaired) electrons. The van der Waals surface area contributed by atoms with Gasteiger partial charge in [-0.15, -0.1) is 11.3 Å². The van der Waals surface area contributed by atoms with Crippen molar-refractivity contribution in [2.45, 2.75) is 45.8 Å². The molecule has 1 unspecified atom stereocenters. The number of rotatable bonds is 8. The molecule has 0 fully saturated rings. The summed E-state index contributed by atoms with van der Waals surface area (Å²) in [4.78, 5) is 9.17. The van der Waals surface area contributed by atoms with Gasteiger partial charge in [-0.05, 0) is 18.4 Å². The highest BCUT2D eigenvalue weighted by Crippen LogP contribution is 2.18. The van der Waals surface area contributed by atoms with Crippen molar-refractivity contribution in [1.82, 2.24) is 15.6 Å². The monoisotopic (exact) mass is 360 g/mol. The Hall–Kier alpha value is -1.92. The Balaban J connectivity index is 1.86. The van der Waals surface area contributed by atoms with Gasteiger partial charge in [0.25, 0.3) is 0 Å². The topological polar surface area (TPSA) is 69.5 Å². The predicted octanol–water partition coefficient (Wildman–Crippen LogP) is 2.93. The molecule has 0 saturated carbocycles. The van der Waals surface area contributed by atoms with Gasteiger partial charge in [0.1, 0.15) is 5.01 Å². The van der Waals surface area contributed by atoms with Crippen LogP contribution in [-0.4, -0.2) is 35.2 Å². The lowest BCUT2D eigenvalue weighted by molar-refractivity contribution is 0.177. The Morgan fingerprint density at radius 1 is 1.24 bits per heavy atom. The third kappa shape index (κ3) is 6.84. The molecule has 0 amide bonds. The summed E-state index contributed by atoms with van der Waals surface area (Å²) in [6.45, 7) is 8.08. The lowest BCUT2D eigenvalue weighted by atomic mass is 10.1. The van der Waals surface area contributed by atoms with Gasteiger partial charge >= 0.3 is 0 Å². The maximum atomic E-state index is 10.2. The molecule has 0 spiro atoms. The summed E-state index contributed by atoms with van der Waals surface area (Å²) in [6, 6.07) is 10.0. The fraction of sp³-hybridized carbons (Fsp3) is 0.474. The number of hydrogen-bond acceptors (Lipinski definition) is 4. The first-order chi connectivity index (χ1) is 12.1. The van der Waals surface area contributed by atoms with Gasteiger partial charge in [-0.2, -0.15) is 0 Å². The number of aliphatic imine (C=N–C) groups is 1. The van der Waals surface area contributed by atoms with Gasteiger partial charge in [-0.3, -0.25) is 0 Å². The fourth-order valence-electron chi connectivity index (χ4n) is 2.32. The van der Waals surface area contributed by atoms with Crippen LogP contribution in [0, 0.1) is 0 Å².